The SMILES string of the molecule is O=COc1ccnc(CS(=O)(=O)c2nc3ccc(OC(F)F)cc3[nH]2)c1OC=O. The molecule has 0 aliphatic heterocycles. The van der Waals surface area contributed by atoms with E-state index in [-0.39, 0.29) is 46.9 Å². The summed E-state index contributed by atoms with van der Waals surface area (Å²) in [5.74, 6) is -1.48. The van der Waals surface area contributed by atoms with Crippen molar-refractivity contribution in [2.45, 2.75) is 17.5 Å². The number of halogens is 2. The lowest BCUT2D eigenvalue weighted by Crippen LogP contribution is -2.10. The third-order valence-corrected chi connectivity index (χ3v) is 5.00. The number of sulfone groups is 1. The molecule has 0 fully saturated rings. The summed E-state index contributed by atoms with van der Waals surface area (Å²) in [6.07, 6.45) is 1.16. The van der Waals surface area contributed by atoms with Gasteiger partial charge >= 0.3 is 6.61 Å². The number of alkyl halides is 2. The fourth-order valence-corrected chi connectivity index (χ4v) is 3.64. The molecule has 152 valence electrons. The molecule has 3 aromatic rings. The second kappa shape index (κ2) is 8.18. The van der Waals surface area contributed by atoms with Crippen LogP contribution in [0.2, 0.25) is 0 Å². The Bertz CT molecular complexity index is 1160. The number of aromatic nitrogens is 3. The molecular weight excluding hydrogens is 416 g/mol. The van der Waals surface area contributed by atoms with E-state index in [2.05, 4.69) is 24.4 Å². The maximum absolute atomic E-state index is 12.7. The van der Waals surface area contributed by atoms with Crippen molar-refractivity contribution in [3.05, 3.63) is 36.2 Å². The Balaban J connectivity index is 1.96. The van der Waals surface area contributed by atoms with Crippen molar-refractivity contribution in [3.63, 3.8) is 0 Å². The highest BCUT2D eigenvalue weighted by Gasteiger charge is 2.25. The number of fused-ring (bicyclic) bond motifs is 1. The average Bonchev–Trinajstić information content (AvgIpc) is 3.08. The number of nitrogens with one attached hydrogen (secondary N) is 1. The first-order chi connectivity index (χ1) is 13.8. The van der Waals surface area contributed by atoms with Crippen LogP contribution >= 0.6 is 0 Å². The van der Waals surface area contributed by atoms with E-state index in [1.165, 1.54) is 24.3 Å². The number of carbonyl (C=O) groups is 2. The van der Waals surface area contributed by atoms with Gasteiger partial charge in [-0.3, -0.25) is 14.6 Å². The Morgan fingerprint density at radius 2 is 1.90 bits per heavy atom. The fraction of sp³-hybridized carbons (Fsp3) is 0.125. The smallest absolute Gasteiger partial charge is 0.387 e. The van der Waals surface area contributed by atoms with Crippen LogP contribution in [0.3, 0.4) is 0 Å². The molecule has 13 heteroatoms. The molecule has 0 bridgehead atoms. The molecule has 0 unspecified atom stereocenters. The van der Waals surface area contributed by atoms with Crippen LogP contribution in [0.25, 0.3) is 11.0 Å². The minimum atomic E-state index is -4.14. The van der Waals surface area contributed by atoms with Crippen LogP contribution in [-0.2, 0) is 25.2 Å². The largest absolute Gasteiger partial charge is 0.435 e. The van der Waals surface area contributed by atoms with Crippen molar-refractivity contribution in [1.29, 1.82) is 0 Å². The molecule has 0 radical (unpaired) electrons. The lowest BCUT2D eigenvalue weighted by atomic mass is 10.3. The number of aromatic amines is 1. The van der Waals surface area contributed by atoms with Gasteiger partial charge in [-0.1, -0.05) is 0 Å². The highest BCUT2D eigenvalue weighted by molar-refractivity contribution is 7.90. The third-order valence-electron chi connectivity index (χ3n) is 3.56. The Kier molecular flexibility index (Phi) is 5.68. The predicted molar refractivity (Wildman–Crippen MR) is 91.2 cm³/mol. The summed E-state index contributed by atoms with van der Waals surface area (Å²) in [5, 5.41) is -0.470. The van der Waals surface area contributed by atoms with E-state index >= 15 is 0 Å². The molecule has 0 spiro atoms. The van der Waals surface area contributed by atoms with E-state index < -0.39 is 27.4 Å². The Labute approximate surface area is 161 Å². The topological polar surface area (TPSA) is 138 Å². The molecule has 0 saturated heterocycles. The molecule has 0 atom stereocenters. The van der Waals surface area contributed by atoms with Crippen molar-refractivity contribution in [1.82, 2.24) is 15.0 Å². The predicted octanol–water partition coefficient (Wildman–Crippen LogP) is 1.60. The molecule has 0 aliphatic carbocycles. The number of hydrogen-bond acceptors (Lipinski definition) is 9. The van der Waals surface area contributed by atoms with E-state index in [1.807, 2.05) is 0 Å². The summed E-state index contributed by atoms with van der Waals surface area (Å²) in [7, 11) is -4.14. The number of rotatable bonds is 9. The van der Waals surface area contributed by atoms with Gasteiger partial charge in [-0.25, -0.2) is 13.4 Å². The quantitative estimate of drug-likeness (QED) is 0.505. The Hall–Kier alpha value is -3.61. The van der Waals surface area contributed by atoms with Gasteiger partial charge < -0.3 is 19.2 Å². The first-order valence-electron chi connectivity index (χ1n) is 7.70. The van der Waals surface area contributed by atoms with Crippen LogP contribution in [0.15, 0.2) is 35.6 Å². The maximum Gasteiger partial charge on any atom is 0.387 e. The van der Waals surface area contributed by atoms with Crippen LogP contribution in [0, 0.1) is 0 Å². The van der Waals surface area contributed by atoms with E-state index in [9.17, 15) is 26.8 Å². The standard InChI is InChI=1S/C16H11F2N3O7S/c17-15(18)28-9-1-2-10-11(5-9)21-16(20-10)29(24,25)6-12-14(27-8-23)13(26-7-22)3-4-19-12/h1-5,7-8,15H,6H2,(H,20,21). The van der Waals surface area contributed by atoms with Crippen LogP contribution in [-0.4, -0.2) is 42.9 Å². The molecule has 29 heavy (non-hydrogen) atoms. The van der Waals surface area contributed by atoms with Gasteiger partial charge in [-0.2, -0.15) is 8.78 Å². The van der Waals surface area contributed by atoms with Crippen LogP contribution in [0.1, 0.15) is 5.69 Å². The van der Waals surface area contributed by atoms with Gasteiger partial charge in [0, 0.05) is 18.3 Å². The van der Waals surface area contributed by atoms with E-state index in [4.69, 9.17) is 4.74 Å². The number of pyridine rings is 1. The first-order valence-corrected chi connectivity index (χ1v) is 9.35. The fourth-order valence-electron chi connectivity index (χ4n) is 2.43. The normalized spacial score (nSPS) is 11.4. The maximum atomic E-state index is 12.7. The molecule has 3 rings (SSSR count). The zero-order valence-electron chi connectivity index (χ0n) is 14.2. The van der Waals surface area contributed by atoms with Gasteiger partial charge in [0.1, 0.15) is 17.2 Å². The summed E-state index contributed by atoms with van der Waals surface area (Å²) in [4.78, 5) is 31.6. The van der Waals surface area contributed by atoms with Crippen LogP contribution < -0.4 is 14.2 Å². The van der Waals surface area contributed by atoms with E-state index in [1.54, 1.807) is 0 Å². The molecule has 0 amide bonds. The number of carbonyl (C=O) groups excluding carboxylic acids is 2. The third kappa shape index (κ3) is 4.45. The van der Waals surface area contributed by atoms with Crippen molar-refractivity contribution in [2.75, 3.05) is 0 Å². The summed E-state index contributed by atoms with van der Waals surface area (Å²) < 4.78 is 63.7. The van der Waals surface area contributed by atoms with Gasteiger partial charge in [-0.05, 0) is 12.1 Å². The number of nitrogens with zero attached hydrogens (tertiary/aromatic N) is 2. The number of imidazole rings is 1. The number of hydrogen-bond donors (Lipinski definition) is 1. The van der Waals surface area contributed by atoms with Crippen molar-refractivity contribution in [3.8, 4) is 17.2 Å². The Morgan fingerprint density at radius 3 is 2.59 bits per heavy atom. The van der Waals surface area contributed by atoms with Crippen LogP contribution in [0.4, 0.5) is 8.78 Å². The molecule has 10 nitrogen and oxygen atoms in total. The summed E-state index contributed by atoms with van der Waals surface area (Å²) in [6.45, 7) is -2.94. The van der Waals surface area contributed by atoms with Gasteiger partial charge in [0.25, 0.3) is 12.9 Å². The number of ether oxygens (including phenoxy) is 3. The molecule has 2 aromatic heterocycles. The molecular formula is C16H11F2N3O7S. The monoisotopic (exact) mass is 427 g/mol. The summed E-state index contributed by atoms with van der Waals surface area (Å²) in [6, 6.07) is 4.89. The average molecular weight is 427 g/mol. The van der Waals surface area contributed by atoms with Gasteiger partial charge in [0.15, 0.2) is 11.5 Å². The van der Waals surface area contributed by atoms with Crippen molar-refractivity contribution < 1.29 is 41.0 Å². The van der Waals surface area contributed by atoms with Gasteiger partial charge in [0.05, 0.1) is 11.0 Å². The summed E-state index contributed by atoms with van der Waals surface area (Å²) >= 11 is 0. The zero-order valence-corrected chi connectivity index (χ0v) is 15.1. The number of H-pyrrole nitrogens is 1. The molecule has 0 saturated carbocycles. The molecule has 1 N–H and O–H groups in total. The highest BCUT2D eigenvalue weighted by Crippen LogP contribution is 2.31. The van der Waals surface area contributed by atoms with Crippen molar-refractivity contribution in [2.24, 2.45) is 0 Å². The van der Waals surface area contributed by atoms with Gasteiger partial charge in [-0.15, -0.1) is 0 Å². The molecule has 1 aromatic carbocycles. The highest BCUT2D eigenvalue weighted by atomic mass is 32.2. The molecule has 2 heterocycles. The lowest BCUT2D eigenvalue weighted by molar-refractivity contribution is -0.123. The minimum Gasteiger partial charge on any atom is -0.435 e. The summed E-state index contributed by atoms with van der Waals surface area (Å²) in [5.41, 5.74) is 0.135. The molecule has 0 aliphatic rings. The van der Waals surface area contributed by atoms with Crippen LogP contribution in [0.5, 0.6) is 17.2 Å². The van der Waals surface area contributed by atoms with Crippen molar-refractivity contribution >= 4 is 33.8 Å². The second-order valence-corrected chi connectivity index (χ2v) is 7.28. The van der Waals surface area contributed by atoms with Gasteiger partial charge in [0.2, 0.25) is 15.0 Å². The minimum absolute atomic E-state index is 0.0243. The van der Waals surface area contributed by atoms with E-state index in [0.29, 0.717) is 0 Å². The number of benzene rings is 1. The lowest BCUT2D eigenvalue weighted by Gasteiger charge is -2.09. The first kappa shape index (κ1) is 20.1. The zero-order chi connectivity index (χ0) is 21.0. The second-order valence-electron chi connectivity index (χ2n) is 5.37. The Morgan fingerprint density at radius 1 is 1.14 bits per heavy atom. The van der Waals surface area contributed by atoms with E-state index in [0.717, 1.165) is 6.20 Å².